The number of fused-ring (bicyclic) bond motifs is 19. The molecular weight excluding hydrogens is 843 g/mol. The van der Waals surface area contributed by atoms with Crippen molar-refractivity contribution in [1.82, 2.24) is 0 Å². The zero-order valence-corrected chi connectivity index (χ0v) is 40.3. The summed E-state index contributed by atoms with van der Waals surface area (Å²) < 4.78 is 0. The fraction of sp³-hybridized carbons (Fsp3) is 0.304. The van der Waals surface area contributed by atoms with Crippen LogP contribution in [0, 0.1) is 34.5 Å². The predicted molar refractivity (Wildman–Crippen MR) is 286 cm³/mol. The number of hydrogen-bond acceptors (Lipinski definition) is 1. The standard InChI is InChI=1S/C69H57N/c1-67(2)61-17-9-8-14-49(61)50-24-23-47(31-62(50)67)70(46-21-19-39(20-22-46)38-11-4-3-5-12-38)65-18-10-16-52-56-35-60-54(41-26-43-28-45-30-64(60)69(43,45)37-41)33-58(56)57-32-53-40-25-42-27-44-29-63(68(42,44)36-40)59(53)34-55(57)48-13-6-7-15-51(48)66(52)65/h3-24,31-35,40-45,63-64H,25-30,36-37H2,1-2H3/t40?,41?,42?,43?,44?,45-,63?,64?,68?,69?/m1/s1. The van der Waals surface area contributed by atoms with Gasteiger partial charge in [0, 0.05) is 22.4 Å². The van der Waals surface area contributed by atoms with Gasteiger partial charge in [0.05, 0.1) is 5.69 Å². The van der Waals surface area contributed by atoms with Crippen LogP contribution >= 0.6 is 0 Å². The van der Waals surface area contributed by atoms with Crippen LogP contribution in [0.25, 0.3) is 66.8 Å². The fourth-order valence-corrected chi connectivity index (χ4v) is 19.3. The van der Waals surface area contributed by atoms with Crippen molar-refractivity contribution in [1.29, 1.82) is 0 Å². The molecule has 338 valence electrons. The van der Waals surface area contributed by atoms with Crippen LogP contribution in [-0.4, -0.2) is 0 Å². The molecule has 0 aromatic heterocycles. The first-order valence-corrected chi connectivity index (χ1v) is 27.2. The first-order valence-electron chi connectivity index (χ1n) is 27.2. The molecule has 0 aliphatic heterocycles. The summed E-state index contributed by atoms with van der Waals surface area (Å²) >= 11 is 0. The van der Waals surface area contributed by atoms with E-state index in [9.17, 15) is 0 Å². The highest BCUT2D eigenvalue weighted by atomic mass is 15.1. The third-order valence-electron chi connectivity index (χ3n) is 22.3. The van der Waals surface area contributed by atoms with E-state index in [1.165, 1.54) is 146 Å². The largest absolute Gasteiger partial charge is 0.310 e. The molecule has 1 heteroatoms. The van der Waals surface area contributed by atoms with Crippen molar-refractivity contribution in [3.63, 3.8) is 0 Å². The van der Waals surface area contributed by atoms with Gasteiger partial charge in [0.1, 0.15) is 0 Å². The fourth-order valence-electron chi connectivity index (χ4n) is 19.3. The molecule has 9 unspecified atom stereocenters. The van der Waals surface area contributed by atoms with Gasteiger partial charge in [-0.2, -0.15) is 0 Å². The van der Waals surface area contributed by atoms with Gasteiger partial charge in [0.15, 0.2) is 0 Å². The molecule has 0 N–H and O–H groups in total. The second-order valence-electron chi connectivity index (χ2n) is 24.8. The summed E-state index contributed by atoms with van der Waals surface area (Å²) in [6.07, 6.45) is 11.5. The average molecular weight is 900 g/mol. The van der Waals surface area contributed by atoms with E-state index < -0.39 is 0 Å². The zero-order valence-electron chi connectivity index (χ0n) is 40.3. The van der Waals surface area contributed by atoms with E-state index in [0.717, 1.165) is 41.4 Å². The highest BCUT2D eigenvalue weighted by Gasteiger charge is 2.73. The first-order chi connectivity index (χ1) is 34.4. The Labute approximate surface area is 412 Å². The van der Waals surface area contributed by atoms with Crippen LogP contribution in [0.15, 0.2) is 164 Å². The molecular formula is C69H57N. The third-order valence-corrected chi connectivity index (χ3v) is 22.3. The Hall–Kier alpha value is -6.44. The maximum Gasteiger partial charge on any atom is 0.0546 e. The summed E-state index contributed by atoms with van der Waals surface area (Å²) in [5.41, 5.74) is 30.9. The van der Waals surface area contributed by atoms with E-state index >= 15 is 0 Å². The summed E-state index contributed by atoms with van der Waals surface area (Å²) in [5.74, 6) is 6.69. The van der Waals surface area contributed by atoms with Crippen LogP contribution in [0.3, 0.4) is 0 Å². The van der Waals surface area contributed by atoms with Crippen molar-refractivity contribution in [2.45, 2.75) is 94.3 Å². The van der Waals surface area contributed by atoms with Crippen molar-refractivity contribution >= 4 is 17.1 Å². The molecule has 0 heterocycles. The molecule has 2 spiro atoms. The van der Waals surface area contributed by atoms with Crippen molar-refractivity contribution in [2.24, 2.45) is 34.5 Å². The molecule has 0 radical (unpaired) electrons. The summed E-state index contributed by atoms with van der Waals surface area (Å²) in [6.45, 7) is 4.84. The monoisotopic (exact) mass is 899 g/mol. The van der Waals surface area contributed by atoms with Crippen LogP contribution < -0.4 is 4.90 Å². The Bertz CT molecular complexity index is 3670. The Balaban J connectivity index is 0.910. The lowest BCUT2D eigenvalue weighted by Crippen LogP contribution is -2.59. The molecule has 0 amide bonds. The van der Waals surface area contributed by atoms with Gasteiger partial charge in [0.2, 0.25) is 0 Å². The average Bonchev–Trinajstić information content (AvgIpc) is 4.03. The number of benzene rings is 8. The first kappa shape index (κ1) is 38.3. The van der Waals surface area contributed by atoms with Gasteiger partial charge in [0.25, 0.3) is 0 Å². The van der Waals surface area contributed by atoms with Gasteiger partial charge in [-0.15, -0.1) is 0 Å². The Kier molecular flexibility index (Phi) is 6.96. The Morgan fingerprint density at radius 1 is 0.371 bits per heavy atom. The SMILES string of the molecule is CC1(C)c2ccccc2-c2ccc(N(c3ccc(-c4ccccc4)cc3)c3cccc4c3-c3ccccc3-c3cc5c(cc3-c3cc6c(cc3-4)C3C[C@H]4CC7CC6CC734)C3CC4CC6CC5C46C3)cc21. The van der Waals surface area contributed by atoms with Crippen LogP contribution in [0.5, 0.6) is 0 Å². The zero-order chi connectivity index (χ0) is 45.6. The number of rotatable bonds is 4. The summed E-state index contributed by atoms with van der Waals surface area (Å²) in [6, 6.07) is 64.9. The highest BCUT2D eigenvalue weighted by Crippen LogP contribution is 2.83. The smallest absolute Gasteiger partial charge is 0.0546 e. The number of hydrogen-bond donors (Lipinski definition) is 0. The Morgan fingerprint density at radius 3 is 1.56 bits per heavy atom. The maximum atomic E-state index is 2.80. The van der Waals surface area contributed by atoms with Gasteiger partial charge in [-0.1, -0.05) is 123 Å². The van der Waals surface area contributed by atoms with E-state index in [-0.39, 0.29) is 5.41 Å². The predicted octanol–water partition coefficient (Wildman–Crippen LogP) is 18.1. The highest BCUT2D eigenvalue weighted by molar-refractivity contribution is 6.08. The lowest BCUT2D eigenvalue weighted by atomic mass is 9.36. The normalized spacial score (nSPS) is 30.8. The van der Waals surface area contributed by atoms with E-state index in [4.69, 9.17) is 0 Å². The van der Waals surface area contributed by atoms with Crippen molar-refractivity contribution in [2.75, 3.05) is 4.90 Å². The topological polar surface area (TPSA) is 3.24 Å². The van der Waals surface area contributed by atoms with E-state index in [2.05, 4.69) is 183 Å². The molecule has 18 rings (SSSR count). The van der Waals surface area contributed by atoms with Gasteiger partial charge < -0.3 is 4.90 Å². The molecule has 1 nitrogen and oxygen atoms in total. The van der Waals surface area contributed by atoms with Gasteiger partial charge in [-0.25, -0.2) is 0 Å². The molecule has 6 saturated carbocycles. The minimum absolute atomic E-state index is 0.123. The van der Waals surface area contributed by atoms with E-state index in [0.29, 0.717) is 16.7 Å². The Morgan fingerprint density at radius 2 is 0.886 bits per heavy atom. The molecule has 8 aromatic rings. The molecule has 6 fully saturated rings. The quantitative estimate of drug-likeness (QED) is 0.170. The summed E-state index contributed by atoms with van der Waals surface area (Å²) in [4.78, 5) is 2.62. The molecule has 4 bridgehead atoms. The second kappa shape index (κ2) is 12.7. The van der Waals surface area contributed by atoms with E-state index in [1.807, 2.05) is 0 Å². The second-order valence-corrected chi connectivity index (χ2v) is 24.8. The van der Waals surface area contributed by atoms with Gasteiger partial charge >= 0.3 is 0 Å². The number of anilines is 3. The third kappa shape index (κ3) is 4.40. The van der Waals surface area contributed by atoms with Crippen molar-refractivity contribution in [3.8, 4) is 66.8 Å². The van der Waals surface area contributed by atoms with Gasteiger partial charge in [-0.3, -0.25) is 0 Å². The minimum Gasteiger partial charge on any atom is -0.310 e. The minimum atomic E-state index is -0.123. The lowest BCUT2D eigenvalue weighted by Gasteiger charge is -2.68. The number of nitrogens with zero attached hydrogens (tertiary/aromatic N) is 1. The summed E-state index contributed by atoms with van der Waals surface area (Å²) in [7, 11) is 0. The molecule has 0 saturated heterocycles. The van der Waals surface area contributed by atoms with Crippen LogP contribution in [-0.2, 0) is 5.41 Å². The molecule has 10 atom stereocenters. The molecule has 8 aromatic carbocycles. The molecule has 70 heavy (non-hydrogen) atoms. The lowest BCUT2D eigenvalue weighted by molar-refractivity contribution is -0.146. The van der Waals surface area contributed by atoms with Crippen LogP contribution in [0.1, 0.15) is 122 Å². The molecule has 10 aliphatic carbocycles. The van der Waals surface area contributed by atoms with Crippen molar-refractivity contribution in [3.05, 3.63) is 197 Å². The summed E-state index contributed by atoms with van der Waals surface area (Å²) in [5, 5.41) is 0. The maximum absolute atomic E-state index is 2.80. The van der Waals surface area contributed by atoms with Gasteiger partial charge in [-0.05, 0) is 259 Å². The van der Waals surface area contributed by atoms with Crippen molar-refractivity contribution < 1.29 is 0 Å². The molecule has 10 aliphatic rings. The van der Waals surface area contributed by atoms with Crippen LogP contribution in [0.4, 0.5) is 17.1 Å². The van der Waals surface area contributed by atoms with E-state index in [1.54, 1.807) is 22.3 Å². The van der Waals surface area contributed by atoms with Crippen LogP contribution in [0.2, 0.25) is 0 Å².